The van der Waals surface area contributed by atoms with E-state index in [1.807, 2.05) is 158 Å². The topological polar surface area (TPSA) is 78.9 Å². The minimum absolute atomic E-state index is 0.144. The summed E-state index contributed by atoms with van der Waals surface area (Å²) < 4.78 is 16.6. The standard InChI is InChI=1S/C59H82O6/c1-4-7-10-13-16-19-22-25-27-29-31-34-37-40-43-46-49-52-58(61)64-55-56(54-63-57(60)51-48-45-42-39-36-33-24-21-18-15-12-9-6-3)65-59(62)53-50-47-44-41-38-35-32-30-28-26-23-20-17-14-11-8-5-2/h7-38,56H,4-6,39-55H2,1-3H3/b10-7-,11-8-,12-9-,16-13-,17-14-,18-15-,22-19-,23-20-,24-21-,27-25-,28-26-,31-29+,32-30+,36-33-,37-34-,38-35-. The van der Waals surface area contributed by atoms with Crippen molar-refractivity contribution in [2.24, 2.45) is 0 Å². The molecule has 1 atom stereocenters. The lowest BCUT2D eigenvalue weighted by Crippen LogP contribution is -2.30. The van der Waals surface area contributed by atoms with Crippen LogP contribution in [-0.4, -0.2) is 37.2 Å². The highest BCUT2D eigenvalue weighted by atomic mass is 16.6. The molecule has 0 aliphatic rings. The molecular formula is C59H82O6. The highest BCUT2D eigenvalue weighted by Gasteiger charge is 2.19. The van der Waals surface area contributed by atoms with Gasteiger partial charge in [-0.1, -0.05) is 234 Å². The van der Waals surface area contributed by atoms with Crippen LogP contribution >= 0.6 is 0 Å². The number of carbonyl (C=O) groups is 3. The van der Waals surface area contributed by atoms with Gasteiger partial charge in [0.25, 0.3) is 0 Å². The van der Waals surface area contributed by atoms with Gasteiger partial charge in [-0.15, -0.1) is 0 Å². The van der Waals surface area contributed by atoms with Crippen molar-refractivity contribution < 1.29 is 28.6 Å². The lowest BCUT2D eigenvalue weighted by atomic mass is 10.1. The maximum atomic E-state index is 12.8. The lowest BCUT2D eigenvalue weighted by Gasteiger charge is -2.18. The number of unbranched alkanes of at least 4 members (excludes halogenated alkanes) is 9. The van der Waals surface area contributed by atoms with Gasteiger partial charge in [0.05, 0.1) is 0 Å². The SMILES string of the molecule is CC\C=C/C=C\C=C/C=C\C=C\C=C/CCCCCC(=O)OCC(COC(=O)CCCCC\C=C/C=C\C=C/C=C\CC)OC(=O)CCCCC\C=C/C=C/C=C\C=C/C=C\C=C/CC. The molecule has 354 valence electrons. The van der Waals surface area contributed by atoms with Crippen LogP contribution in [0, 0.1) is 0 Å². The van der Waals surface area contributed by atoms with E-state index in [4.69, 9.17) is 14.2 Å². The second-order valence-corrected chi connectivity index (χ2v) is 14.9. The third-order valence-corrected chi connectivity index (χ3v) is 8.99. The molecule has 0 aromatic heterocycles. The number of hydrogen-bond acceptors (Lipinski definition) is 6. The second-order valence-electron chi connectivity index (χ2n) is 14.9. The summed E-state index contributed by atoms with van der Waals surface area (Å²) >= 11 is 0. The van der Waals surface area contributed by atoms with E-state index in [9.17, 15) is 14.4 Å². The molecule has 0 N–H and O–H groups in total. The van der Waals surface area contributed by atoms with Crippen LogP contribution in [0.3, 0.4) is 0 Å². The van der Waals surface area contributed by atoms with Crippen LogP contribution in [0.2, 0.25) is 0 Å². The predicted molar refractivity (Wildman–Crippen MR) is 278 cm³/mol. The van der Waals surface area contributed by atoms with E-state index in [1.54, 1.807) is 0 Å². The molecule has 0 aliphatic heterocycles. The van der Waals surface area contributed by atoms with Crippen molar-refractivity contribution in [1.82, 2.24) is 0 Å². The van der Waals surface area contributed by atoms with Crippen LogP contribution in [0.4, 0.5) is 0 Å². The molecule has 0 heterocycles. The van der Waals surface area contributed by atoms with Crippen LogP contribution in [0.15, 0.2) is 194 Å². The van der Waals surface area contributed by atoms with Crippen molar-refractivity contribution >= 4 is 17.9 Å². The first-order valence-electron chi connectivity index (χ1n) is 24.2. The predicted octanol–water partition coefficient (Wildman–Crippen LogP) is 16.0. The fourth-order valence-corrected chi connectivity index (χ4v) is 5.45. The summed E-state index contributed by atoms with van der Waals surface area (Å²) in [5.41, 5.74) is 0. The van der Waals surface area contributed by atoms with Crippen LogP contribution in [0.5, 0.6) is 0 Å². The van der Waals surface area contributed by atoms with Crippen molar-refractivity contribution in [2.45, 2.75) is 142 Å². The van der Waals surface area contributed by atoms with Crippen molar-refractivity contribution in [1.29, 1.82) is 0 Å². The first-order chi connectivity index (χ1) is 32.0. The molecule has 0 saturated heterocycles. The van der Waals surface area contributed by atoms with E-state index < -0.39 is 6.10 Å². The summed E-state index contributed by atoms with van der Waals surface area (Å²) in [6.45, 7) is 6.04. The van der Waals surface area contributed by atoms with E-state index in [1.165, 1.54) is 0 Å². The summed E-state index contributed by atoms with van der Waals surface area (Å²) in [5, 5.41) is 0. The van der Waals surface area contributed by atoms with Crippen LogP contribution in [0.25, 0.3) is 0 Å². The maximum absolute atomic E-state index is 12.8. The van der Waals surface area contributed by atoms with Crippen LogP contribution < -0.4 is 0 Å². The molecule has 0 fully saturated rings. The Balaban J connectivity index is 4.70. The Morgan fingerprint density at radius 3 is 0.831 bits per heavy atom. The number of carbonyl (C=O) groups excluding carboxylic acids is 3. The molecule has 0 spiro atoms. The zero-order chi connectivity index (χ0) is 47.2. The smallest absolute Gasteiger partial charge is 0.306 e. The number of ether oxygens (including phenoxy) is 3. The second kappa shape index (κ2) is 50.9. The minimum Gasteiger partial charge on any atom is -0.462 e. The van der Waals surface area contributed by atoms with Gasteiger partial charge in [-0.2, -0.15) is 0 Å². The van der Waals surface area contributed by atoms with Crippen molar-refractivity contribution in [3.8, 4) is 0 Å². The minimum atomic E-state index is -0.848. The van der Waals surface area contributed by atoms with Gasteiger partial charge in [0, 0.05) is 19.3 Å². The average molecular weight is 887 g/mol. The molecule has 6 nitrogen and oxygen atoms in total. The van der Waals surface area contributed by atoms with Gasteiger partial charge in [0.15, 0.2) is 6.10 Å². The number of rotatable bonds is 39. The molecule has 6 heteroatoms. The molecule has 0 radical (unpaired) electrons. The van der Waals surface area contributed by atoms with Gasteiger partial charge >= 0.3 is 17.9 Å². The molecule has 1 unspecified atom stereocenters. The van der Waals surface area contributed by atoms with Gasteiger partial charge in [-0.3, -0.25) is 14.4 Å². The van der Waals surface area contributed by atoms with Crippen LogP contribution in [-0.2, 0) is 28.6 Å². The first kappa shape index (κ1) is 59.2. The molecule has 0 bridgehead atoms. The summed E-state index contributed by atoms with van der Waals surface area (Å²) in [4.78, 5) is 37.9. The van der Waals surface area contributed by atoms with Gasteiger partial charge in [-0.25, -0.2) is 0 Å². The van der Waals surface area contributed by atoms with Gasteiger partial charge in [0.2, 0.25) is 0 Å². The number of allylic oxidation sites excluding steroid dienone is 32. The van der Waals surface area contributed by atoms with Crippen molar-refractivity contribution in [3.63, 3.8) is 0 Å². The molecular weight excluding hydrogens is 805 g/mol. The summed E-state index contributed by atoms with van der Waals surface area (Å²) in [5.74, 6) is -1.09. The molecule has 0 amide bonds. The number of hydrogen-bond donors (Lipinski definition) is 0. The van der Waals surface area contributed by atoms with E-state index in [0.29, 0.717) is 19.3 Å². The maximum Gasteiger partial charge on any atom is 0.306 e. The molecule has 0 aliphatic carbocycles. The Labute approximate surface area is 395 Å². The summed E-state index contributed by atoms with van der Waals surface area (Å²) in [7, 11) is 0. The molecule has 0 aromatic rings. The van der Waals surface area contributed by atoms with E-state index in [0.717, 1.165) is 77.0 Å². The molecule has 0 rings (SSSR count). The van der Waals surface area contributed by atoms with E-state index in [2.05, 4.69) is 57.2 Å². The highest BCUT2D eigenvalue weighted by Crippen LogP contribution is 2.10. The zero-order valence-corrected chi connectivity index (χ0v) is 40.1. The average Bonchev–Trinajstić information content (AvgIpc) is 3.30. The third-order valence-electron chi connectivity index (χ3n) is 8.99. The Hall–Kier alpha value is -5.75. The van der Waals surface area contributed by atoms with Crippen molar-refractivity contribution in [2.75, 3.05) is 13.2 Å². The van der Waals surface area contributed by atoms with E-state index >= 15 is 0 Å². The monoisotopic (exact) mass is 887 g/mol. The fraction of sp³-hybridized carbons (Fsp3) is 0.407. The van der Waals surface area contributed by atoms with Gasteiger partial charge in [0.1, 0.15) is 13.2 Å². The lowest BCUT2D eigenvalue weighted by molar-refractivity contribution is -0.167. The fourth-order valence-electron chi connectivity index (χ4n) is 5.45. The van der Waals surface area contributed by atoms with Crippen LogP contribution in [0.1, 0.15) is 136 Å². The largest absolute Gasteiger partial charge is 0.462 e. The first-order valence-corrected chi connectivity index (χ1v) is 24.2. The Kier molecular flexibility index (Phi) is 46.4. The van der Waals surface area contributed by atoms with Crippen molar-refractivity contribution in [3.05, 3.63) is 194 Å². The normalized spacial score (nSPS) is 13.8. The quantitative estimate of drug-likeness (QED) is 0.0265. The summed E-state index contributed by atoms with van der Waals surface area (Å²) in [6.07, 6.45) is 78.3. The van der Waals surface area contributed by atoms with Gasteiger partial charge in [-0.05, 0) is 77.0 Å². The molecule has 0 saturated carbocycles. The Morgan fingerprint density at radius 1 is 0.308 bits per heavy atom. The van der Waals surface area contributed by atoms with E-state index in [-0.39, 0.29) is 50.4 Å². The van der Waals surface area contributed by atoms with Gasteiger partial charge < -0.3 is 14.2 Å². The zero-order valence-electron chi connectivity index (χ0n) is 40.1. The summed E-state index contributed by atoms with van der Waals surface area (Å²) in [6, 6.07) is 0. The Bertz CT molecular complexity index is 1680. The molecule has 65 heavy (non-hydrogen) atoms. The molecule has 0 aromatic carbocycles. The Morgan fingerprint density at radius 2 is 0.554 bits per heavy atom. The highest BCUT2D eigenvalue weighted by molar-refractivity contribution is 5.71. The third kappa shape index (κ3) is 49.1. The number of esters is 3.